The standard InChI is InChI=1S/C12H11BrN2O4/c1-18-9-4-7(5-16)2-3-8(9)19-12-10(13)11(17)14-6-15-12/h2-4,6,16H,5H2,1H3,(H,14,15,17). The van der Waals surface area contributed by atoms with Crippen LogP contribution in [0, 0.1) is 0 Å². The van der Waals surface area contributed by atoms with Crippen molar-refractivity contribution in [3.8, 4) is 17.4 Å². The number of nitrogens with zero attached hydrogens (tertiary/aromatic N) is 1. The fraction of sp³-hybridized carbons (Fsp3) is 0.167. The molecule has 0 amide bonds. The van der Waals surface area contributed by atoms with Crippen LogP contribution in [0.1, 0.15) is 5.56 Å². The second-order valence-electron chi connectivity index (χ2n) is 3.60. The van der Waals surface area contributed by atoms with Crippen LogP contribution in [-0.2, 0) is 6.61 Å². The van der Waals surface area contributed by atoms with Gasteiger partial charge in [-0.15, -0.1) is 0 Å². The molecule has 0 fully saturated rings. The van der Waals surface area contributed by atoms with Crippen molar-refractivity contribution in [3.63, 3.8) is 0 Å². The van der Waals surface area contributed by atoms with Crippen LogP contribution in [-0.4, -0.2) is 22.2 Å². The quantitative estimate of drug-likeness (QED) is 0.895. The maximum atomic E-state index is 11.4. The summed E-state index contributed by atoms with van der Waals surface area (Å²) < 4.78 is 10.9. The normalized spacial score (nSPS) is 10.3. The Kier molecular flexibility index (Phi) is 4.18. The van der Waals surface area contributed by atoms with Gasteiger partial charge < -0.3 is 19.6 Å². The molecule has 1 heterocycles. The summed E-state index contributed by atoms with van der Waals surface area (Å²) in [6, 6.07) is 4.98. The predicted octanol–water partition coefficient (Wildman–Crippen LogP) is 1.83. The smallest absolute Gasteiger partial charge is 0.268 e. The number of benzene rings is 1. The van der Waals surface area contributed by atoms with Crippen LogP contribution in [0.25, 0.3) is 0 Å². The minimum atomic E-state index is -0.337. The Hall–Kier alpha value is -1.86. The number of hydrogen-bond acceptors (Lipinski definition) is 5. The summed E-state index contributed by atoms with van der Waals surface area (Å²) in [5.41, 5.74) is 0.359. The van der Waals surface area contributed by atoms with Crippen molar-refractivity contribution >= 4 is 15.9 Å². The van der Waals surface area contributed by atoms with Gasteiger partial charge in [0.25, 0.3) is 5.56 Å². The van der Waals surface area contributed by atoms with Gasteiger partial charge in [0.05, 0.1) is 20.0 Å². The summed E-state index contributed by atoms with van der Waals surface area (Å²) in [4.78, 5) is 17.7. The average Bonchev–Trinajstić information content (AvgIpc) is 2.44. The van der Waals surface area contributed by atoms with Gasteiger partial charge in [-0.05, 0) is 33.6 Å². The number of rotatable bonds is 4. The van der Waals surface area contributed by atoms with Crippen LogP contribution in [0.5, 0.6) is 17.4 Å². The summed E-state index contributed by atoms with van der Waals surface area (Å²) in [5, 5.41) is 9.06. The first kappa shape index (κ1) is 13.6. The maximum Gasteiger partial charge on any atom is 0.268 e. The number of aliphatic hydroxyl groups is 1. The molecule has 0 bridgehead atoms. The lowest BCUT2D eigenvalue weighted by Crippen LogP contribution is -2.08. The lowest BCUT2D eigenvalue weighted by molar-refractivity contribution is 0.280. The summed E-state index contributed by atoms with van der Waals surface area (Å²) in [7, 11) is 1.49. The van der Waals surface area contributed by atoms with Crippen molar-refractivity contribution in [3.05, 3.63) is 44.9 Å². The Labute approximate surface area is 117 Å². The molecular formula is C12H11BrN2O4. The molecule has 2 aromatic rings. The van der Waals surface area contributed by atoms with Crippen LogP contribution >= 0.6 is 15.9 Å². The van der Waals surface area contributed by atoms with Gasteiger partial charge in [0.15, 0.2) is 11.5 Å². The first-order valence-electron chi connectivity index (χ1n) is 5.34. The highest BCUT2D eigenvalue weighted by Crippen LogP contribution is 2.33. The van der Waals surface area contributed by atoms with E-state index in [1.807, 2.05) is 0 Å². The van der Waals surface area contributed by atoms with Crippen LogP contribution in [0.4, 0.5) is 0 Å². The van der Waals surface area contributed by atoms with E-state index in [2.05, 4.69) is 25.9 Å². The number of aromatic amines is 1. The van der Waals surface area contributed by atoms with Crippen molar-refractivity contribution in [2.24, 2.45) is 0 Å². The minimum absolute atomic E-state index is 0.0937. The largest absolute Gasteiger partial charge is 0.493 e. The Morgan fingerprint density at radius 3 is 2.89 bits per heavy atom. The lowest BCUT2D eigenvalue weighted by Gasteiger charge is -2.11. The van der Waals surface area contributed by atoms with Crippen molar-refractivity contribution in [2.45, 2.75) is 6.61 Å². The molecule has 6 nitrogen and oxygen atoms in total. The van der Waals surface area contributed by atoms with E-state index in [0.29, 0.717) is 17.1 Å². The first-order chi connectivity index (χ1) is 9.15. The van der Waals surface area contributed by atoms with Crippen molar-refractivity contribution in [1.82, 2.24) is 9.97 Å². The highest BCUT2D eigenvalue weighted by atomic mass is 79.9. The van der Waals surface area contributed by atoms with Gasteiger partial charge in [0.1, 0.15) is 4.47 Å². The van der Waals surface area contributed by atoms with Crippen LogP contribution in [0.3, 0.4) is 0 Å². The second kappa shape index (κ2) is 5.85. The maximum absolute atomic E-state index is 11.4. The van der Waals surface area contributed by atoms with Crippen LogP contribution in [0.15, 0.2) is 33.8 Å². The molecule has 0 spiro atoms. The van der Waals surface area contributed by atoms with Crippen LogP contribution in [0.2, 0.25) is 0 Å². The SMILES string of the molecule is COc1cc(CO)ccc1Oc1nc[nH]c(=O)c1Br. The molecule has 1 aromatic carbocycles. The number of H-pyrrole nitrogens is 1. The monoisotopic (exact) mass is 326 g/mol. The third-order valence-electron chi connectivity index (χ3n) is 2.38. The summed E-state index contributed by atoms with van der Waals surface area (Å²) >= 11 is 3.10. The molecule has 7 heteroatoms. The number of aromatic nitrogens is 2. The van der Waals surface area contributed by atoms with E-state index in [1.54, 1.807) is 18.2 Å². The molecule has 100 valence electrons. The number of ether oxygens (including phenoxy) is 2. The molecule has 2 rings (SSSR count). The lowest BCUT2D eigenvalue weighted by atomic mass is 10.2. The first-order valence-corrected chi connectivity index (χ1v) is 6.14. The number of nitrogens with one attached hydrogen (secondary N) is 1. The topological polar surface area (TPSA) is 84.4 Å². The molecule has 0 aliphatic rings. The highest BCUT2D eigenvalue weighted by Gasteiger charge is 2.11. The van der Waals surface area contributed by atoms with E-state index in [-0.39, 0.29) is 22.5 Å². The van der Waals surface area contributed by atoms with E-state index in [0.717, 1.165) is 0 Å². The molecule has 0 aliphatic heterocycles. The van der Waals surface area contributed by atoms with Gasteiger partial charge in [-0.1, -0.05) is 6.07 Å². The Morgan fingerprint density at radius 1 is 1.42 bits per heavy atom. The van der Waals surface area contributed by atoms with Gasteiger partial charge in [0.2, 0.25) is 5.88 Å². The Balaban J connectivity index is 2.38. The minimum Gasteiger partial charge on any atom is -0.493 e. The fourth-order valence-electron chi connectivity index (χ4n) is 1.44. The summed E-state index contributed by atoms with van der Waals surface area (Å²) in [5.74, 6) is 0.984. The summed E-state index contributed by atoms with van der Waals surface area (Å²) in [6.07, 6.45) is 1.25. The third-order valence-corrected chi connectivity index (χ3v) is 3.08. The predicted molar refractivity (Wildman–Crippen MR) is 71.5 cm³/mol. The van der Waals surface area contributed by atoms with Crippen LogP contribution < -0.4 is 15.0 Å². The molecular weight excluding hydrogens is 316 g/mol. The molecule has 0 unspecified atom stereocenters. The third kappa shape index (κ3) is 2.94. The van der Waals surface area contributed by atoms with Gasteiger partial charge in [-0.25, -0.2) is 4.98 Å². The second-order valence-corrected chi connectivity index (χ2v) is 4.39. The highest BCUT2D eigenvalue weighted by molar-refractivity contribution is 9.10. The van der Waals surface area contributed by atoms with E-state index >= 15 is 0 Å². The number of aliphatic hydroxyl groups excluding tert-OH is 1. The van der Waals surface area contributed by atoms with Crippen molar-refractivity contribution in [1.29, 1.82) is 0 Å². The molecule has 1 aromatic heterocycles. The molecule has 0 radical (unpaired) electrons. The fourth-order valence-corrected chi connectivity index (χ4v) is 1.73. The number of halogens is 1. The van der Waals surface area contributed by atoms with Crippen molar-refractivity contribution < 1.29 is 14.6 Å². The zero-order valence-electron chi connectivity index (χ0n) is 10.0. The summed E-state index contributed by atoms with van der Waals surface area (Å²) in [6.45, 7) is -0.0937. The molecule has 0 saturated carbocycles. The molecule has 0 saturated heterocycles. The van der Waals surface area contributed by atoms with Crippen molar-refractivity contribution in [2.75, 3.05) is 7.11 Å². The van der Waals surface area contributed by atoms with E-state index in [1.165, 1.54) is 13.4 Å². The van der Waals surface area contributed by atoms with Gasteiger partial charge in [0, 0.05) is 0 Å². The Morgan fingerprint density at radius 2 is 2.21 bits per heavy atom. The Bertz CT molecular complexity index is 642. The molecule has 0 atom stereocenters. The zero-order chi connectivity index (χ0) is 13.8. The van der Waals surface area contributed by atoms with E-state index in [4.69, 9.17) is 14.6 Å². The average molecular weight is 327 g/mol. The van der Waals surface area contributed by atoms with E-state index < -0.39 is 0 Å². The van der Waals surface area contributed by atoms with Gasteiger partial charge >= 0.3 is 0 Å². The molecule has 2 N–H and O–H groups in total. The zero-order valence-corrected chi connectivity index (χ0v) is 11.6. The molecule has 19 heavy (non-hydrogen) atoms. The molecule has 0 aliphatic carbocycles. The number of hydrogen-bond donors (Lipinski definition) is 2. The van der Waals surface area contributed by atoms with Gasteiger partial charge in [-0.2, -0.15) is 0 Å². The number of methoxy groups -OCH3 is 1. The van der Waals surface area contributed by atoms with E-state index in [9.17, 15) is 4.79 Å². The van der Waals surface area contributed by atoms with Gasteiger partial charge in [-0.3, -0.25) is 4.79 Å².